The molecule has 6 N–H and O–H groups in total. The fraction of sp³-hybridized carbons (Fsp3) is 0.200. The first kappa shape index (κ1) is 25.3. The van der Waals surface area contributed by atoms with Crippen LogP contribution in [0.1, 0.15) is 36.1 Å². The highest BCUT2D eigenvalue weighted by atomic mass is 16.3. The second-order valence-electron chi connectivity index (χ2n) is 8.57. The van der Waals surface area contributed by atoms with Crippen molar-refractivity contribution in [3.8, 4) is 0 Å². The van der Waals surface area contributed by atoms with E-state index < -0.39 is 11.2 Å². The Morgan fingerprint density at radius 1 is 0.441 bits per heavy atom. The normalized spacial score (nSPS) is 13.4. The number of hydrogen-bond acceptors (Lipinski definition) is 4. The molecule has 4 rings (SSSR count). The minimum Gasteiger partial charge on any atom is -0.379 e. The first-order chi connectivity index (χ1) is 16.3. The van der Waals surface area contributed by atoms with E-state index >= 15 is 0 Å². The van der Waals surface area contributed by atoms with E-state index in [2.05, 4.69) is 0 Å². The van der Waals surface area contributed by atoms with Gasteiger partial charge in [0.2, 0.25) is 0 Å². The lowest BCUT2D eigenvalue weighted by Crippen LogP contribution is -2.44. The molecule has 2 atom stereocenters. The van der Waals surface area contributed by atoms with E-state index in [1.807, 2.05) is 135 Å². The van der Waals surface area contributed by atoms with Crippen LogP contribution in [0.2, 0.25) is 0 Å². The van der Waals surface area contributed by atoms with Gasteiger partial charge in [0.15, 0.2) is 0 Å². The number of rotatable bonds is 6. The molecule has 0 fully saturated rings. The summed E-state index contributed by atoms with van der Waals surface area (Å²) in [5.41, 5.74) is 13.0. The molecule has 176 valence electrons. The molecule has 4 heteroatoms. The zero-order chi connectivity index (χ0) is 24.6. The first-order valence-corrected chi connectivity index (χ1v) is 11.5. The molecule has 0 aromatic heterocycles. The molecule has 0 aliphatic carbocycles. The van der Waals surface area contributed by atoms with E-state index in [1.165, 1.54) is 0 Å². The van der Waals surface area contributed by atoms with Gasteiger partial charge in [0.05, 0.1) is 0 Å². The maximum absolute atomic E-state index is 10.9. The molecule has 0 bridgehead atoms. The van der Waals surface area contributed by atoms with Crippen LogP contribution in [0.4, 0.5) is 0 Å². The number of aliphatic hydroxyl groups is 2. The van der Waals surface area contributed by atoms with Crippen LogP contribution in [-0.2, 0) is 11.2 Å². The molecule has 4 aromatic carbocycles. The third kappa shape index (κ3) is 5.27. The van der Waals surface area contributed by atoms with Crippen molar-refractivity contribution in [2.75, 3.05) is 0 Å². The van der Waals surface area contributed by atoms with Gasteiger partial charge in [-0.1, -0.05) is 121 Å². The van der Waals surface area contributed by atoms with Crippen molar-refractivity contribution >= 4 is 0 Å². The molecule has 0 radical (unpaired) electrons. The van der Waals surface area contributed by atoms with Gasteiger partial charge in [0.25, 0.3) is 0 Å². The van der Waals surface area contributed by atoms with Crippen LogP contribution in [0.15, 0.2) is 121 Å². The summed E-state index contributed by atoms with van der Waals surface area (Å²) in [7, 11) is 0. The summed E-state index contributed by atoms with van der Waals surface area (Å²) in [6.07, 6.45) is 0. The summed E-state index contributed by atoms with van der Waals surface area (Å²) in [5.74, 6) is 0. The predicted molar refractivity (Wildman–Crippen MR) is 139 cm³/mol. The Kier molecular flexibility index (Phi) is 8.37. The predicted octanol–water partition coefficient (Wildman–Crippen LogP) is 4.54. The van der Waals surface area contributed by atoms with Crippen molar-refractivity contribution in [1.29, 1.82) is 0 Å². The summed E-state index contributed by atoms with van der Waals surface area (Å²) in [6, 6.07) is 37.4. The molecule has 0 amide bonds. The highest BCUT2D eigenvalue weighted by Crippen LogP contribution is 2.32. The second kappa shape index (κ2) is 11.2. The van der Waals surface area contributed by atoms with E-state index in [0.717, 1.165) is 22.3 Å². The number of nitrogens with two attached hydrogens (primary N) is 2. The molecule has 0 aliphatic rings. The van der Waals surface area contributed by atoms with Crippen LogP contribution in [0.25, 0.3) is 0 Å². The monoisotopic (exact) mass is 454 g/mol. The van der Waals surface area contributed by atoms with Crippen molar-refractivity contribution < 1.29 is 10.2 Å². The van der Waals surface area contributed by atoms with Gasteiger partial charge < -0.3 is 21.7 Å². The lowest BCUT2D eigenvalue weighted by molar-refractivity contribution is 0.0577. The average Bonchev–Trinajstić information content (AvgIpc) is 2.90. The van der Waals surface area contributed by atoms with Gasteiger partial charge in [-0.3, -0.25) is 0 Å². The smallest absolute Gasteiger partial charge is 0.129 e. The highest BCUT2D eigenvalue weighted by Gasteiger charge is 2.36. The summed E-state index contributed by atoms with van der Waals surface area (Å²) in [4.78, 5) is 0. The Morgan fingerprint density at radius 3 is 0.765 bits per heavy atom. The number of benzene rings is 4. The fourth-order valence-electron chi connectivity index (χ4n) is 4.15. The minimum absolute atomic E-state index is 0.382. The van der Waals surface area contributed by atoms with Crippen LogP contribution in [0.3, 0.4) is 0 Å². The highest BCUT2D eigenvalue weighted by molar-refractivity contribution is 5.38. The molecular weight excluding hydrogens is 420 g/mol. The molecule has 4 nitrogen and oxygen atoms in total. The van der Waals surface area contributed by atoms with E-state index in [9.17, 15) is 10.2 Å². The van der Waals surface area contributed by atoms with E-state index in [1.54, 1.807) is 0 Å². The van der Waals surface area contributed by atoms with Crippen LogP contribution in [-0.4, -0.2) is 22.3 Å². The molecule has 0 aliphatic heterocycles. The van der Waals surface area contributed by atoms with E-state index in [0.29, 0.717) is 0 Å². The molecule has 34 heavy (non-hydrogen) atoms. The maximum atomic E-state index is 10.9. The Bertz CT molecular complexity index is 944. The number of hydrogen-bond donors (Lipinski definition) is 4. The maximum Gasteiger partial charge on any atom is 0.129 e. The lowest BCUT2D eigenvalue weighted by Gasteiger charge is -2.33. The molecule has 4 aromatic rings. The Hall–Kier alpha value is -3.28. The van der Waals surface area contributed by atoms with Crippen molar-refractivity contribution in [3.63, 3.8) is 0 Å². The summed E-state index contributed by atoms with van der Waals surface area (Å²) in [5, 5.41) is 21.8. The van der Waals surface area contributed by atoms with Crippen LogP contribution in [0.5, 0.6) is 0 Å². The summed E-state index contributed by atoms with van der Waals surface area (Å²) in [6.45, 7) is 3.64. The van der Waals surface area contributed by atoms with Crippen molar-refractivity contribution in [2.24, 2.45) is 11.5 Å². The van der Waals surface area contributed by atoms with Gasteiger partial charge >= 0.3 is 0 Å². The molecule has 0 spiro atoms. The van der Waals surface area contributed by atoms with Gasteiger partial charge in [0.1, 0.15) is 11.2 Å². The Balaban J connectivity index is 0.000000191. The van der Waals surface area contributed by atoms with Crippen molar-refractivity contribution in [1.82, 2.24) is 0 Å². The third-order valence-electron chi connectivity index (χ3n) is 6.17. The second-order valence-corrected chi connectivity index (χ2v) is 8.57. The molecule has 0 saturated heterocycles. The standard InChI is InChI=1S/2C15H17NO/c2*1-12(16)15(17,13-8-4-2-5-9-13)14-10-6-3-7-11-14/h2*2-12,17H,16H2,1H3/t12-;/m0./s1. The van der Waals surface area contributed by atoms with E-state index in [4.69, 9.17) is 11.5 Å². The SMILES string of the molecule is CC(N)C(O)(c1ccccc1)c1ccccc1.C[C@H](N)C(O)(c1ccccc1)c1ccccc1. The van der Waals surface area contributed by atoms with Gasteiger partial charge in [-0.05, 0) is 36.1 Å². The molecule has 0 saturated carbocycles. The van der Waals surface area contributed by atoms with Gasteiger partial charge in [-0.15, -0.1) is 0 Å². The zero-order valence-corrected chi connectivity index (χ0v) is 19.8. The first-order valence-electron chi connectivity index (χ1n) is 11.5. The fourth-order valence-corrected chi connectivity index (χ4v) is 4.15. The summed E-state index contributed by atoms with van der Waals surface area (Å²) >= 11 is 0. The Morgan fingerprint density at radius 2 is 0.618 bits per heavy atom. The lowest BCUT2D eigenvalue weighted by atomic mass is 9.81. The molecular formula is C30H34N2O2. The van der Waals surface area contributed by atoms with Gasteiger partial charge in [-0.25, -0.2) is 0 Å². The average molecular weight is 455 g/mol. The Labute approximate surface area is 202 Å². The molecule has 1 unspecified atom stereocenters. The molecule has 0 heterocycles. The van der Waals surface area contributed by atoms with Crippen molar-refractivity contribution in [2.45, 2.75) is 37.1 Å². The topological polar surface area (TPSA) is 92.5 Å². The van der Waals surface area contributed by atoms with Gasteiger partial charge in [-0.2, -0.15) is 0 Å². The third-order valence-corrected chi connectivity index (χ3v) is 6.17. The summed E-state index contributed by atoms with van der Waals surface area (Å²) < 4.78 is 0. The van der Waals surface area contributed by atoms with Crippen molar-refractivity contribution in [3.05, 3.63) is 144 Å². The quantitative estimate of drug-likeness (QED) is 0.344. The van der Waals surface area contributed by atoms with Crippen LogP contribution >= 0.6 is 0 Å². The minimum atomic E-state index is -1.14. The van der Waals surface area contributed by atoms with Crippen LogP contribution < -0.4 is 11.5 Å². The van der Waals surface area contributed by atoms with E-state index in [-0.39, 0.29) is 12.1 Å². The zero-order valence-electron chi connectivity index (χ0n) is 19.8. The van der Waals surface area contributed by atoms with Crippen LogP contribution in [0, 0.1) is 0 Å². The van der Waals surface area contributed by atoms with Gasteiger partial charge in [0, 0.05) is 12.1 Å². The largest absolute Gasteiger partial charge is 0.379 e.